The molecule has 10 heavy (non-hydrogen) atoms. The summed E-state index contributed by atoms with van der Waals surface area (Å²) in [4.78, 5) is 0. The summed E-state index contributed by atoms with van der Waals surface area (Å²) >= 11 is -0.294. The van der Waals surface area contributed by atoms with Crippen molar-refractivity contribution in [2.45, 2.75) is 0 Å². The number of fused-ring (bicyclic) bond motifs is 1. The van der Waals surface area contributed by atoms with Gasteiger partial charge in [-0.15, -0.1) is 0 Å². The van der Waals surface area contributed by atoms with Crippen molar-refractivity contribution in [2.24, 2.45) is 0 Å². The van der Waals surface area contributed by atoms with Crippen LogP contribution in [0.1, 0.15) is 0 Å². The van der Waals surface area contributed by atoms with E-state index in [1.807, 2.05) is 12.3 Å². The third kappa shape index (κ3) is 0.920. The molecule has 0 saturated heterocycles. The van der Waals surface area contributed by atoms with E-state index in [1.54, 1.807) is 12.1 Å². The maximum atomic E-state index is 9.05. The van der Waals surface area contributed by atoms with Crippen molar-refractivity contribution in [3.05, 3.63) is 24.4 Å². The van der Waals surface area contributed by atoms with Gasteiger partial charge in [0.25, 0.3) is 0 Å². The molecule has 0 spiro atoms. The van der Waals surface area contributed by atoms with Crippen molar-refractivity contribution in [3.8, 4) is 5.75 Å². The van der Waals surface area contributed by atoms with Gasteiger partial charge in [0.05, 0.1) is 0 Å². The molecule has 2 rings (SSSR count). The standard InChI is InChI=1S/C7H5NOTe/c9-6-1-2-7-5(3-6)4-8-10-7/h1-4,9H. The van der Waals surface area contributed by atoms with Crippen LogP contribution in [0, 0.1) is 0 Å². The average Bonchev–Trinajstić information content (AvgIpc) is 2.33. The van der Waals surface area contributed by atoms with Gasteiger partial charge >= 0.3 is 68.0 Å². The summed E-state index contributed by atoms with van der Waals surface area (Å²) in [6, 6.07) is 5.44. The van der Waals surface area contributed by atoms with Gasteiger partial charge in [-0.05, 0) is 0 Å². The molecule has 0 bridgehead atoms. The number of aromatic nitrogens is 1. The van der Waals surface area contributed by atoms with Gasteiger partial charge in [-0.3, -0.25) is 0 Å². The van der Waals surface area contributed by atoms with Gasteiger partial charge in [0.1, 0.15) is 0 Å². The van der Waals surface area contributed by atoms with Crippen LogP contribution in [0.25, 0.3) is 8.79 Å². The van der Waals surface area contributed by atoms with Gasteiger partial charge in [0.2, 0.25) is 0 Å². The van der Waals surface area contributed by atoms with Crippen LogP contribution in [0.5, 0.6) is 5.75 Å². The fourth-order valence-electron chi connectivity index (χ4n) is 0.860. The molecule has 1 N–H and O–H groups in total. The molecule has 0 fully saturated rings. The number of benzene rings is 1. The molecule has 1 aromatic carbocycles. The van der Waals surface area contributed by atoms with Crippen LogP contribution >= 0.6 is 0 Å². The minimum absolute atomic E-state index is 0.294. The van der Waals surface area contributed by atoms with Crippen LogP contribution in [0.2, 0.25) is 0 Å². The fraction of sp³-hybridized carbons (Fsp3) is 0. The number of hydrogen-bond acceptors (Lipinski definition) is 2. The van der Waals surface area contributed by atoms with Gasteiger partial charge in [0.15, 0.2) is 0 Å². The molecule has 50 valence electrons. The average molecular weight is 247 g/mol. The number of rotatable bonds is 0. The first-order chi connectivity index (χ1) is 4.86. The molecule has 3 heteroatoms. The second-order valence-corrected chi connectivity index (χ2v) is 4.43. The molecule has 0 atom stereocenters. The first-order valence-corrected chi connectivity index (χ1v) is 5.10. The first-order valence-electron chi connectivity index (χ1n) is 2.90. The predicted molar refractivity (Wildman–Crippen MR) is 40.3 cm³/mol. The Morgan fingerprint density at radius 3 is 3.20 bits per heavy atom. The number of hydrogen-bond donors (Lipinski definition) is 1. The molecule has 1 heterocycles. The summed E-state index contributed by atoms with van der Waals surface area (Å²) in [5.41, 5.74) is 0. The number of phenolic OH excluding ortho intramolecular Hbond substituents is 1. The Bertz CT molecular complexity index is 355. The molecule has 0 saturated carbocycles. The normalized spacial score (nSPS) is 10.4. The van der Waals surface area contributed by atoms with E-state index in [0.29, 0.717) is 5.75 Å². The van der Waals surface area contributed by atoms with Crippen LogP contribution in [0.15, 0.2) is 24.4 Å². The molecular weight excluding hydrogens is 242 g/mol. The summed E-state index contributed by atoms with van der Waals surface area (Å²) in [5, 5.41) is 10.1. The van der Waals surface area contributed by atoms with Gasteiger partial charge in [-0.25, -0.2) is 0 Å². The van der Waals surface area contributed by atoms with Crippen molar-refractivity contribution in [2.75, 3.05) is 0 Å². The van der Waals surface area contributed by atoms with Crippen LogP contribution in [0.3, 0.4) is 0 Å². The summed E-state index contributed by atoms with van der Waals surface area (Å²) in [6.45, 7) is 0. The van der Waals surface area contributed by atoms with Crippen molar-refractivity contribution < 1.29 is 5.11 Å². The number of phenols is 1. The predicted octanol–water partition coefficient (Wildman–Crippen LogP) is 0.997. The maximum absolute atomic E-state index is 9.05. The van der Waals surface area contributed by atoms with Gasteiger partial charge in [0, 0.05) is 0 Å². The van der Waals surface area contributed by atoms with E-state index >= 15 is 0 Å². The zero-order valence-electron chi connectivity index (χ0n) is 5.11. The first kappa shape index (κ1) is 6.21. The molecule has 0 aliphatic rings. The van der Waals surface area contributed by atoms with Crippen LogP contribution in [-0.4, -0.2) is 29.0 Å². The Balaban J connectivity index is 2.86. The zero-order chi connectivity index (χ0) is 6.97. The quantitative estimate of drug-likeness (QED) is 0.704. The van der Waals surface area contributed by atoms with E-state index in [2.05, 4.69) is 3.21 Å². The van der Waals surface area contributed by atoms with Crippen LogP contribution < -0.4 is 0 Å². The van der Waals surface area contributed by atoms with Gasteiger partial charge < -0.3 is 0 Å². The van der Waals surface area contributed by atoms with Crippen molar-refractivity contribution in [3.63, 3.8) is 0 Å². The fourth-order valence-corrected chi connectivity index (χ4v) is 2.65. The Kier molecular flexibility index (Phi) is 1.40. The summed E-state index contributed by atoms with van der Waals surface area (Å²) in [7, 11) is 0. The van der Waals surface area contributed by atoms with E-state index in [-0.39, 0.29) is 20.7 Å². The molecule has 2 aromatic rings. The van der Waals surface area contributed by atoms with Gasteiger partial charge in [-0.1, -0.05) is 0 Å². The van der Waals surface area contributed by atoms with Crippen molar-refractivity contribution in [1.29, 1.82) is 0 Å². The van der Waals surface area contributed by atoms with E-state index in [9.17, 15) is 0 Å². The molecular formula is C7H5NOTe. The van der Waals surface area contributed by atoms with Crippen LogP contribution in [0.4, 0.5) is 0 Å². The van der Waals surface area contributed by atoms with E-state index in [4.69, 9.17) is 5.11 Å². The topological polar surface area (TPSA) is 33.1 Å². The summed E-state index contributed by atoms with van der Waals surface area (Å²) < 4.78 is 5.51. The molecule has 0 aliphatic carbocycles. The van der Waals surface area contributed by atoms with Gasteiger partial charge in [-0.2, -0.15) is 0 Å². The third-order valence-corrected chi connectivity index (χ3v) is 3.56. The molecule has 0 unspecified atom stereocenters. The molecule has 0 aliphatic heterocycles. The SMILES string of the molecule is Oc1ccc2[te]ncc2c1. The second-order valence-electron chi connectivity index (χ2n) is 2.05. The Morgan fingerprint density at radius 2 is 2.30 bits per heavy atom. The number of aromatic hydroxyl groups is 1. The molecule has 1 aromatic heterocycles. The molecule has 0 radical (unpaired) electrons. The second kappa shape index (κ2) is 2.26. The van der Waals surface area contributed by atoms with Crippen molar-refractivity contribution in [1.82, 2.24) is 3.21 Å². The van der Waals surface area contributed by atoms with Crippen molar-refractivity contribution >= 4 is 29.5 Å². The Morgan fingerprint density at radius 1 is 1.40 bits per heavy atom. The van der Waals surface area contributed by atoms with E-state index in [0.717, 1.165) is 5.39 Å². The summed E-state index contributed by atoms with van der Waals surface area (Å²) in [5.74, 6) is 0.333. The number of nitrogens with zero attached hydrogens (tertiary/aromatic N) is 1. The molecule has 2 nitrogen and oxygen atoms in total. The minimum atomic E-state index is -0.294. The summed E-state index contributed by atoms with van der Waals surface area (Å²) in [6.07, 6.45) is 1.84. The zero-order valence-corrected chi connectivity index (χ0v) is 7.44. The van der Waals surface area contributed by atoms with E-state index < -0.39 is 0 Å². The Hall–Kier alpha value is -0.520. The molecule has 0 amide bonds. The van der Waals surface area contributed by atoms with E-state index in [1.165, 1.54) is 3.40 Å². The Labute approximate surface area is 68.1 Å². The van der Waals surface area contributed by atoms with Crippen LogP contribution in [-0.2, 0) is 0 Å². The third-order valence-electron chi connectivity index (χ3n) is 1.34. The monoisotopic (exact) mass is 249 g/mol.